The summed E-state index contributed by atoms with van der Waals surface area (Å²) in [6, 6.07) is 5.00. The molecule has 1 unspecified atom stereocenters. The topological polar surface area (TPSA) is 43.4 Å². The highest BCUT2D eigenvalue weighted by atomic mass is 19.1. The fourth-order valence-electron chi connectivity index (χ4n) is 1.55. The lowest BCUT2D eigenvalue weighted by Gasteiger charge is -2.12. The van der Waals surface area contributed by atoms with Gasteiger partial charge in [-0.1, -0.05) is 18.2 Å². The molecule has 0 aliphatic rings. The van der Waals surface area contributed by atoms with Crippen LogP contribution in [0.5, 0.6) is 0 Å². The largest absolute Gasteiger partial charge is 0.460 e. The zero-order valence-corrected chi connectivity index (χ0v) is 11.0. The van der Waals surface area contributed by atoms with Gasteiger partial charge in [0.2, 0.25) is 5.78 Å². The minimum Gasteiger partial charge on any atom is -0.460 e. The summed E-state index contributed by atoms with van der Waals surface area (Å²) in [7, 11) is 0. The predicted molar refractivity (Wildman–Crippen MR) is 66.4 cm³/mol. The first-order valence-electron chi connectivity index (χ1n) is 5.79. The Labute approximate surface area is 106 Å². The maximum Gasteiger partial charge on any atom is 0.349 e. The highest BCUT2D eigenvalue weighted by Crippen LogP contribution is 2.16. The van der Waals surface area contributed by atoms with Crippen LogP contribution in [0.4, 0.5) is 4.39 Å². The lowest BCUT2D eigenvalue weighted by atomic mass is 9.98. The molecule has 0 amide bonds. The third-order valence-corrected chi connectivity index (χ3v) is 2.66. The number of rotatable bonds is 4. The van der Waals surface area contributed by atoms with Gasteiger partial charge < -0.3 is 4.74 Å². The normalized spacial score (nSPS) is 12.3. The van der Waals surface area contributed by atoms with E-state index < -0.39 is 24.0 Å². The molecule has 0 N–H and O–H groups in total. The van der Waals surface area contributed by atoms with Gasteiger partial charge in [-0.2, -0.15) is 0 Å². The van der Waals surface area contributed by atoms with Crippen molar-refractivity contribution in [3.05, 3.63) is 34.9 Å². The van der Waals surface area contributed by atoms with E-state index in [2.05, 4.69) is 4.74 Å². The summed E-state index contributed by atoms with van der Waals surface area (Å²) in [4.78, 5) is 23.2. The predicted octanol–water partition coefficient (Wildman–Crippen LogP) is 2.78. The summed E-state index contributed by atoms with van der Waals surface area (Å²) in [6.45, 7) is 6.76. The quantitative estimate of drug-likeness (QED) is 0.470. The zero-order chi connectivity index (χ0) is 13.9. The van der Waals surface area contributed by atoms with E-state index in [1.165, 1.54) is 6.07 Å². The molecule has 18 heavy (non-hydrogen) atoms. The zero-order valence-electron chi connectivity index (χ0n) is 11.0. The third-order valence-electron chi connectivity index (χ3n) is 2.66. The van der Waals surface area contributed by atoms with Crippen LogP contribution in [-0.2, 0) is 9.53 Å². The molecular formula is C14H17FO3. The molecule has 0 bridgehead atoms. The van der Waals surface area contributed by atoms with Crippen molar-refractivity contribution >= 4 is 11.8 Å². The van der Waals surface area contributed by atoms with Crippen molar-refractivity contribution in [2.45, 2.75) is 40.0 Å². The van der Waals surface area contributed by atoms with Crippen LogP contribution < -0.4 is 0 Å². The number of carbonyl (C=O) groups is 2. The molecule has 0 aromatic heterocycles. The van der Waals surface area contributed by atoms with Gasteiger partial charge in [-0.15, -0.1) is 0 Å². The van der Waals surface area contributed by atoms with Gasteiger partial charge in [-0.3, -0.25) is 4.79 Å². The standard InChI is InChI=1S/C14H17FO3/c1-8(2)18-14(17)12(15)13(16)11-7-5-6-9(3)10(11)4/h5-8,12H,1-4H3. The fraction of sp³-hybridized carbons (Fsp3) is 0.429. The number of halogens is 1. The monoisotopic (exact) mass is 252 g/mol. The number of ether oxygens (including phenoxy) is 1. The molecule has 0 saturated carbocycles. The molecule has 0 spiro atoms. The van der Waals surface area contributed by atoms with Gasteiger partial charge in [0.25, 0.3) is 6.17 Å². The maximum atomic E-state index is 13.7. The van der Waals surface area contributed by atoms with E-state index >= 15 is 0 Å². The van der Waals surface area contributed by atoms with Crippen LogP contribution in [0.25, 0.3) is 0 Å². The van der Waals surface area contributed by atoms with Crippen molar-refractivity contribution in [2.75, 3.05) is 0 Å². The second-order valence-corrected chi connectivity index (χ2v) is 4.46. The number of ketones is 1. The number of hydrogen-bond acceptors (Lipinski definition) is 3. The highest BCUT2D eigenvalue weighted by Gasteiger charge is 2.30. The van der Waals surface area contributed by atoms with E-state index in [1.807, 2.05) is 13.0 Å². The van der Waals surface area contributed by atoms with E-state index in [4.69, 9.17) is 0 Å². The number of esters is 1. The van der Waals surface area contributed by atoms with Gasteiger partial charge in [0.1, 0.15) is 0 Å². The summed E-state index contributed by atoms with van der Waals surface area (Å²) in [5, 5.41) is 0. The smallest absolute Gasteiger partial charge is 0.349 e. The summed E-state index contributed by atoms with van der Waals surface area (Å²) < 4.78 is 18.4. The van der Waals surface area contributed by atoms with Crippen molar-refractivity contribution < 1.29 is 18.7 Å². The van der Waals surface area contributed by atoms with Crippen LogP contribution in [0.2, 0.25) is 0 Å². The summed E-state index contributed by atoms with van der Waals surface area (Å²) in [5.41, 5.74) is 1.79. The first-order valence-corrected chi connectivity index (χ1v) is 5.79. The van der Waals surface area contributed by atoms with Crippen LogP contribution in [-0.4, -0.2) is 24.0 Å². The minimum absolute atomic E-state index is 0.225. The number of carbonyl (C=O) groups excluding carboxylic acids is 2. The van der Waals surface area contributed by atoms with Crippen molar-refractivity contribution in [2.24, 2.45) is 0 Å². The minimum atomic E-state index is -2.26. The van der Waals surface area contributed by atoms with Gasteiger partial charge in [0.05, 0.1) is 6.10 Å². The van der Waals surface area contributed by atoms with E-state index in [9.17, 15) is 14.0 Å². The molecule has 98 valence electrons. The molecule has 1 atom stereocenters. The highest BCUT2D eigenvalue weighted by molar-refractivity contribution is 6.11. The Hall–Kier alpha value is -1.71. The summed E-state index contributed by atoms with van der Waals surface area (Å²) in [6.07, 6.45) is -2.70. The summed E-state index contributed by atoms with van der Waals surface area (Å²) in [5.74, 6) is -1.97. The Morgan fingerprint density at radius 2 is 1.83 bits per heavy atom. The SMILES string of the molecule is Cc1cccc(C(=O)C(F)C(=O)OC(C)C)c1C. The van der Waals surface area contributed by atoms with Crippen LogP contribution in [0.1, 0.15) is 35.3 Å². The number of aryl methyl sites for hydroxylation is 1. The van der Waals surface area contributed by atoms with Crippen molar-refractivity contribution in [1.29, 1.82) is 0 Å². The van der Waals surface area contributed by atoms with Gasteiger partial charge in [-0.05, 0) is 38.8 Å². The maximum absolute atomic E-state index is 13.7. The average molecular weight is 252 g/mol. The molecule has 1 aromatic rings. The van der Waals surface area contributed by atoms with Crippen LogP contribution in [0, 0.1) is 13.8 Å². The molecule has 0 aliphatic carbocycles. The van der Waals surface area contributed by atoms with Crippen molar-refractivity contribution in [3.8, 4) is 0 Å². The molecule has 0 radical (unpaired) electrons. The van der Waals surface area contributed by atoms with E-state index in [1.54, 1.807) is 26.8 Å². The van der Waals surface area contributed by atoms with E-state index in [0.29, 0.717) is 5.56 Å². The van der Waals surface area contributed by atoms with Crippen LogP contribution in [0.15, 0.2) is 18.2 Å². The Bertz CT molecular complexity index is 466. The number of hydrogen-bond donors (Lipinski definition) is 0. The number of Topliss-reactive ketones (excluding diaryl/α,β-unsaturated/α-hetero) is 1. The average Bonchev–Trinajstić information content (AvgIpc) is 2.30. The first-order chi connectivity index (χ1) is 8.34. The molecular weight excluding hydrogens is 235 g/mol. The van der Waals surface area contributed by atoms with Gasteiger partial charge in [0.15, 0.2) is 0 Å². The third kappa shape index (κ3) is 3.15. The van der Waals surface area contributed by atoms with Crippen molar-refractivity contribution in [3.63, 3.8) is 0 Å². The molecule has 0 aliphatic heterocycles. The summed E-state index contributed by atoms with van der Waals surface area (Å²) >= 11 is 0. The number of alkyl halides is 1. The first kappa shape index (κ1) is 14.4. The van der Waals surface area contributed by atoms with E-state index in [-0.39, 0.29) is 5.56 Å². The van der Waals surface area contributed by atoms with E-state index in [0.717, 1.165) is 5.56 Å². The lowest BCUT2D eigenvalue weighted by molar-refractivity contribution is -0.151. The van der Waals surface area contributed by atoms with Crippen molar-refractivity contribution in [1.82, 2.24) is 0 Å². The Morgan fingerprint density at radius 1 is 1.22 bits per heavy atom. The van der Waals surface area contributed by atoms with Crippen LogP contribution >= 0.6 is 0 Å². The fourth-order valence-corrected chi connectivity index (χ4v) is 1.55. The second-order valence-electron chi connectivity index (χ2n) is 4.46. The molecule has 0 saturated heterocycles. The Morgan fingerprint density at radius 3 is 2.39 bits per heavy atom. The number of benzene rings is 1. The van der Waals surface area contributed by atoms with Gasteiger partial charge in [0, 0.05) is 5.56 Å². The lowest BCUT2D eigenvalue weighted by Crippen LogP contribution is -2.30. The van der Waals surface area contributed by atoms with Gasteiger partial charge in [-0.25, -0.2) is 9.18 Å². The van der Waals surface area contributed by atoms with Crippen LogP contribution in [0.3, 0.4) is 0 Å². The molecule has 3 nitrogen and oxygen atoms in total. The molecule has 0 heterocycles. The molecule has 4 heteroatoms. The Kier molecular flexibility index (Phi) is 4.59. The second kappa shape index (κ2) is 5.76. The molecule has 0 fully saturated rings. The molecule has 1 rings (SSSR count). The molecule has 1 aromatic carbocycles. The Balaban J connectivity index is 2.93. The van der Waals surface area contributed by atoms with Gasteiger partial charge >= 0.3 is 5.97 Å².